The summed E-state index contributed by atoms with van der Waals surface area (Å²) < 4.78 is 60.3. The molecular weight excluding hydrogens is 499 g/mol. The smallest absolute Gasteiger partial charge is 0.306 e. The van der Waals surface area contributed by atoms with Crippen LogP contribution in [-0.4, -0.2) is 34.0 Å². The van der Waals surface area contributed by atoms with Crippen LogP contribution >= 0.6 is 0 Å². The minimum absolute atomic E-state index is 0.0860. The number of hydrogen-bond donors (Lipinski definition) is 1. The van der Waals surface area contributed by atoms with Crippen molar-refractivity contribution in [1.82, 2.24) is 0 Å². The summed E-state index contributed by atoms with van der Waals surface area (Å²) in [6.07, 6.45) is 0.907. The van der Waals surface area contributed by atoms with Crippen LogP contribution in [0.3, 0.4) is 0 Å². The van der Waals surface area contributed by atoms with Crippen molar-refractivity contribution in [3.8, 4) is 51.0 Å². The van der Waals surface area contributed by atoms with Crippen LogP contribution in [-0.2, 0) is 16.7 Å². The van der Waals surface area contributed by atoms with Crippen LogP contribution < -0.4 is 18.4 Å². The third kappa shape index (κ3) is 5.95. The van der Waals surface area contributed by atoms with Crippen LogP contribution in [0.5, 0.6) is 28.7 Å². The van der Waals surface area contributed by atoms with Gasteiger partial charge in [0.25, 0.3) is 0 Å². The largest absolute Gasteiger partial charge is 0.504 e. The van der Waals surface area contributed by atoms with Gasteiger partial charge >= 0.3 is 10.1 Å². The van der Waals surface area contributed by atoms with Gasteiger partial charge in [-0.05, 0) is 47.0 Å². The Morgan fingerprint density at radius 1 is 0.811 bits per heavy atom. The van der Waals surface area contributed by atoms with E-state index in [9.17, 15) is 17.9 Å². The van der Waals surface area contributed by atoms with E-state index in [4.69, 9.17) is 18.4 Å². The van der Waals surface area contributed by atoms with Crippen LogP contribution in [0.2, 0.25) is 0 Å². The molecule has 0 fully saturated rings. The van der Waals surface area contributed by atoms with Gasteiger partial charge in [0.1, 0.15) is 18.2 Å². The molecule has 1 N–H and O–H groups in total. The number of methoxy groups -OCH3 is 2. The molecule has 0 saturated carbocycles. The second kappa shape index (κ2) is 10.8. The van der Waals surface area contributed by atoms with Gasteiger partial charge in [-0.3, -0.25) is 0 Å². The maximum Gasteiger partial charge on any atom is 0.306 e. The SMILES string of the molecule is COc1cc(-c2ccc(OCc3ccccc3)c(O)c2)c(OC)c(OS(C)(=O)=O)c1-c1ccc(F)cc1. The summed E-state index contributed by atoms with van der Waals surface area (Å²) in [5.41, 5.74) is 2.55. The molecule has 0 amide bonds. The van der Waals surface area contributed by atoms with Gasteiger partial charge in [0.05, 0.1) is 26.0 Å². The molecule has 4 aromatic rings. The summed E-state index contributed by atoms with van der Waals surface area (Å²) in [5, 5.41) is 10.7. The fourth-order valence-corrected chi connectivity index (χ4v) is 4.32. The first-order valence-corrected chi connectivity index (χ1v) is 13.0. The highest BCUT2D eigenvalue weighted by Crippen LogP contribution is 2.51. The van der Waals surface area contributed by atoms with E-state index >= 15 is 0 Å². The second-order valence-electron chi connectivity index (χ2n) is 8.11. The normalized spacial score (nSPS) is 11.1. The van der Waals surface area contributed by atoms with Gasteiger partial charge in [-0.15, -0.1) is 0 Å². The molecule has 0 radical (unpaired) electrons. The number of phenols is 1. The zero-order chi connectivity index (χ0) is 26.6. The number of halogens is 1. The maximum absolute atomic E-state index is 13.6. The lowest BCUT2D eigenvalue weighted by Crippen LogP contribution is -2.09. The van der Waals surface area contributed by atoms with E-state index in [1.165, 1.54) is 44.6 Å². The summed E-state index contributed by atoms with van der Waals surface area (Å²) in [7, 11) is -1.22. The molecule has 0 aromatic heterocycles. The van der Waals surface area contributed by atoms with Crippen LogP contribution in [0.1, 0.15) is 5.56 Å². The monoisotopic (exact) mass is 524 g/mol. The maximum atomic E-state index is 13.6. The van der Waals surface area contributed by atoms with Crippen LogP contribution in [0.15, 0.2) is 78.9 Å². The van der Waals surface area contributed by atoms with Crippen molar-refractivity contribution in [3.63, 3.8) is 0 Å². The van der Waals surface area contributed by atoms with Gasteiger partial charge in [-0.25, -0.2) is 4.39 Å². The number of hydrogen-bond acceptors (Lipinski definition) is 7. The third-order valence-corrected chi connectivity index (χ3v) is 5.97. The molecule has 0 aliphatic rings. The number of ether oxygens (including phenoxy) is 3. The molecule has 0 aliphatic carbocycles. The standard InChI is InChI=1S/C28H25FO7S/c1-33-25-16-22(20-11-14-24(23(30)15-20)35-17-18-7-5-4-6-8-18)27(34-2)28(36-37(3,31)32)26(25)19-9-12-21(29)13-10-19/h4-16,30H,17H2,1-3H3. The van der Waals surface area contributed by atoms with Crippen molar-refractivity contribution in [1.29, 1.82) is 0 Å². The predicted octanol–water partition coefficient (Wildman–Crippen LogP) is 5.80. The third-order valence-electron chi connectivity index (χ3n) is 5.50. The van der Waals surface area contributed by atoms with Crippen LogP contribution in [0, 0.1) is 5.82 Å². The molecular formula is C28H25FO7S. The van der Waals surface area contributed by atoms with Crippen molar-refractivity contribution >= 4 is 10.1 Å². The van der Waals surface area contributed by atoms with Gasteiger partial charge in [-0.1, -0.05) is 48.5 Å². The summed E-state index contributed by atoms with van der Waals surface area (Å²) in [5.74, 6) is -0.0960. The summed E-state index contributed by atoms with van der Waals surface area (Å²) in [4.78, 5) is 0. The molecule has 192 valence electrons. The molecule has 0 spiro atoms. The Morgan fingerprint density at radius 3 is 2.08 bits per heavy atom. The molecule has 4 aromatic carbocycles. The Balaban J connectivity index is 1.83. The summed E-state index contributed by atoms with van der Waals surface area (Å²) in [6.45, 7) is 0.267. The zero-order valence-electron chi connectivity index (χ0n) is 20.4. The number of rotatable bonds is 9. The van der Waals surface area contributed by atoms with E-state index in [1.54, 1.807) is 18.2 Å². The lowest BCUT2D eigenvalue weighted by molar-refractivity contribution is 0.289. The number of aromatic hydroxyl groups is 1. The Morgan fingerprint density at radius 2 is 1.49 bits per heavy atom. The van der Waals surface area contributed by atoms with Crippen molar-refractivity contribution in [2.24, 2.45) is 0 Å². The van der Waals surface area contributed by atoms with Crippen molar-refractivity contribution in [3.05, 3.63) is 90.2 Å². The highest BCUT2D eigenvalue weighted by Gasteiger charge is 2.26. The topological polar surface area (TPSA) is 91.3 Å². The van der Waals surface area contributed by atoms with E-state index in [0.717, 1.165) is 11.8 Å². The first-order chi connectivity index (χ1) is 17.7. The Bertz CT molecular complexity index is 1500. The van der Waals surface area contributed by atoms with Gasteiger partial charge in [-0.2, -0.15) is 8.42 Å². The minimum Gasteiger partial charge on any atom is -0.504 e. The van der Waals surface area contributed by atoms with E-state index in [2.05, 4.69) is 0 Å². The highest BCUT2D eigenvalue weighted by molar-refractivity contribution is 7.86. The first kappa shape index (κ1) is 25.8. The molecule has 4 rings (SSSR count). The molecule has 0 unspecified atom stereocenters. The van der Waals surface area contributed by atoms with E-state index in [1.807, 2.05) is 30.3 Å². The molecule has 37 heavy (non-hydrogen) atoms. The van der Waals surface area contributed by atoms with E-state index in [-0.39, 0.29) is 40.9 Å². The average molecular weight is 525 g/mol. The fraction of sp³-hybridized carbons (Fsp3) is 0.143. The second-order valence-corrected chi connectivity index (χ2v) is 9.69. The van der Waals surface area contributed by atoms with E-state index < -0.39 is 15.9 Å². The molecule has 0 aliphatic heterocycles. The van der Waals surface area contributed by atoms with Crippen LogP contribution in [0.25, 0.3) is 22.3 Å². The number of phenolic OH excluding ortho intramolecular Hbond substituents is 1. The van der Waals surface area contributed by atoms with Crippen LogP contribution in [0.4, 0.5) is 4.39 Å². The van der Waals surface area contributed by atoms with Crippen molar-refractivity contribution in [2.45, 2.75) is 6.61 Å². The Hall–Kier alpha value is -4.24. The number of benzene rings is 4. The quantitative estimate of drug-likeness (QED) is 0.277. The average Bonchev–Trinajstić information content (AvgIpc) is 2.87. The molecule has 0 heterocycles. The van der Waals surface area contributed by atoms with Crippen molar-refractivity contribution < 1.29 is 36.3 Å². The minimum atomic E-state index is -4.00. The Kier molecular flexibility index (Phi) is 7.54. The lowest BCUT2D eigenvalue weighted by Gasteiger charge is -2.21. The predicted molar refractivity (Wildman–Crippen MR) is 138 cm³/mol. The molecule has 0 saturated heterocycles. The molecule has 9 heteroatoms. The van der Waals surface area contributed by atoms with Gasteiger partial charge in [0.2, 0.25) is 0 Å². The lowest BCUT2D eigenvalue weighted by atomic mass is 9.96. The molecule has 0 bridgehead atoms. The van der Waals surface area contributed by atoms with Gasteiger partial charge in [0.15, 0.2) is 23.0 Å². The van der Waals surface area contributed by atoms with E-state index in [0.29, 0.717) is 16.7 Å². The van der Waals surface area contributed by atoms with Gasteiger partial charge < -0.3 is 23.5 Å². The fourth-order valence-electron chi connectivity index (χ4n) is 3.86. The molecule has 7 nitrogen and oxygen atoms in total. The summed E-state index contributed by atoms with van der Waals surface area (Å²) >= 11 is 0. The van der Waals surface area contributed by atoms with Crippen molar-refractivity contribution in [2.75, 3.05) is 20.5 Å². The highest BCUT2D eigenvalue weighted by atomic mass is 32.2. The summed E-state index contributed by atoms with van der Waals surface area (Å²) in [6, 6.07) is 21.4. The Labute approximate surface area is 214 Å². The molecule has 0 atom stereocenters. The van der Waals surface area contributed by atoms with Gasteiger partial charge in [0, 0.05) is 5.56 Å². The zero-order valence-corrected chi connectivity index (χ0v) is 21.2. The first-order valence-electron chi connectivity index (χ1n) is 11.1.